The van der Waals surface area contributed by atoms with Crippen molar-refractivity contribution in [1.29, 1.82) is 0 Å². The zero-order valence-corrected chi connectivity index (χ0v) is 7.40. The number of rotatable bonds is 0. The predicted octanol–water partition coefficient (Wildman–Crippen LogP) is 2.83. The number of benzene rings is 1. The Morgan fingerprint density at radius 2 is 2.23 bits per heavy atom. The molecule has 70 valence electrons. The van der Waals surface area contributed by atoms with Crippen LogP contribution in [0.5, 0.6) is 0 Å². The van der Waals surface area contributed by atoms with Gasteiger partial charge < -0.3 is 5.32 Å². The fourth-order valence-corrected chi connectivity index (χ4v) is 1.76. The zero-order chi connectivity index (χ0) is 9.47. The average Bonchev–Trinajstić information content (AvgIpc) is 2.02. The van der Waals surface area contributed by atoms with E-state index in [9.17, 15) is 8.78 Å². The van der Waals surface area contributed by atoms with Crippen molar-refractivity contribution in [2.75, 3.05) is 11.9 Å². The molecule has 1 heterocycles. The monoisotopic (exact) mass is 183 g/mol. The molecular weight excluding hydrogens is 172 g/mol. The molecule has 0 saturated heterocycles. The first-order valence-electron chi connectivity index (χ1n) is 4.33. The van der Waals surface area contributed by atoms with E-state index in [1.807, 2.05) is 0 Å². The maximum atomic E-state index is 13.8. The third-order valence-electron chi connectivity index (χ3n) is 2.44. The molecule has 0 radical (unpaired) electrons. The summed E-state index contributed by atoms with van der Waals surface area (Å²) >= 11 is 0. The smallest absolute Gasteiger partial charge is 0.139 e. The van der Waals surface area contributed by atoms with Gasteiger partial charge in [0.15, 0.2) is 0 Å². The number of halogens is 2. The van der Waals surface area contributed by atoms with Gasteiger partial charge in [0, 0.05) is 24.2 Å². The average molecular weight is 183 g/mol. The van der Waals surface area contributed by atoms with Crippen LogP contribution < -0.4 is 5.32 Å². The molecule has 1 aliphatic rings. The van der Waals surface area contributed by atoms with Crippen molar-refractivity contribution in [3.05, 3.63) is 29.6 Å². The summed E-state index contributed by atoms with van der Waals surface area (Å²) < 4.78 is 27.1. The number of hydrogen-bond donors (Lipinski definition) is 1. The minimum Gasteiger partial charge on any atom is -0.385 e. The quantitative estimate of drug-likeness (QED) is 0.652. The van der Waals surface area contributed by atoms with Crippen LogP contribution >= 0.6 is 0 Å². The fraction of sp³-hybridized carbons (Fsp3) is 0.400. The second kappa shape index (κ2) is 2.69. The van der Waals surface area contributed by atoms with Crippen LogP contribution in [0, 0.1) is 5.82 Å². The van der Waals surface area contributed by atoms with Crippen LogP contribution in [0.1, 0.15) is 18.9 Å². The summed E-state index contributed by atoms with van der Waals surface area (Å²) in [5.74, 6) is -0.463. The van der Waals surface area contributed by atoms with Crippen LogP contribution in [-0.4, -0.2) is 6.54 Å². The van der Waals surface area contributed by atoms with Crippen molar-refractivity contribution in [1.82, 2.24) is 0 Å². The molecule has 13 heavy (non-hydrogen) atoms. The van der Waals surface area contributed by atoms with Gasteiger partial charge in [-0.15, -0.1) is 0 Å². The van der Waals surface area contributed by atoms with Crippen molar-refractivity contribution >= 4 is 5.69 Å². The molecule has 0 saturated carbocycles. The Morgan fingerprint density at radius 1 is 1.46 bits per heavy atom. The Morgan fingerprint density at radius 3 is 2.92 bits per heavy atom. The van der Waals surface area contributed by atoms with E-state index >= 15 is 0 Å². The first-order valence-corrected chi connectivity index (χ1v) is 4.33. The molecule has 0 amide bonds. The zero-order valence-electron chi connectivity index (χ0n) is 7.40. The lowest BCUT2D eigenvalue weighted by molar-refractivity contribution is 0.172. The van der Waals surface area contributed by atoms with E-state index < -0.39 is 11.5 Å². The second-order valence-corrected chi connectivity index (χ2v) is 3.54. The van der Waals surface area contributed by atoms with Gasteiger partial charge in [0.25, 0.3) is 0 Å². The molecule has 1 aliphatic heterocycles. The SMILES string of the molecule is CC1(F)CCNc2cccc(F)c21. The maximum absolute atomic E-state index is 13.8. The molecule has 0 spiro atoms. The molecule has 3 heteroatoms. The van der Waals surface area contributed by atoms with Crippen LogP contribution in [-0.2, 0) is 5.67 Å². The first-order chi connectivity index (χ1) is 6.11. The van der Waals surface area contributed by atoms with Gasteiger partial charge in [-0.25, -0.2) is 8.78 Å². The largest absolute Gasteiger partial charge is 0.385 e. The van der Waals surface area contributed by atoms with E-state index in [1.54, 1.807) is 12.1 Å². The lowest BCUT2D eigenvalue weighted by Gasteiger charge is -2.29. The fourth-order valence-electron chi connectivity index (χ4n) is 1.76. The van der Waals surface area contributed by atoms with E-state index in [4.69, 9.17) is 0 Å². The van der Waals surface area contributed by atoms with E-state index in [2.05, 4.69) is 5.32 Å². The standard InChI is InChI=1S/C10H11F2N/c1-10(12)5-6-13-8-4-2-3-7(11)9(8)10/h2-4,13H,5-6H2,1H3. The summed E-state index contributed by atoms with van der Waals surface area (Å²) in [7, 11) is 0. The highest BCUT2D eigenvalue weighted by atomic mass is 19.1. The summed E-state index contributed by atoms with van der Waals surface area (Å²) in [6.07, 6.45) is 0.320. The Balaban J connectivity index is 2.61. The number of alkyl halides is 1. The van der Waals surface area contributed by atoms with Crippen LogP contribution in [0.25, 0.3) is 0 Å². The summed E-state index contributed by atoms with van der Waals surface area (Å²) in [4.78, 5) is 0. The highest BCUT2D eigenvalue weighted by Gasteiger charge is 2.34. The number of fused-ring (bicyclic) bond motifs is 1. The van der Waals surface area contributed by atoms with Gasteiger partial charge >= 0.3 is 0 Å². The molecule has 0 bridgehead atoms. The topological polar surface area (TPSA) is 12.0 Å². The minimum absolute atomic E-state index is 0.168. The first kappa shape index (κ1) is 8.48. The van der Waals surface area contributed by atoms with E-state index in [1.165, 1.54) is 13.0 Å². The van der Waals surface area contributed by atoms with Gasteiger partial charge in [-0.2, -0.15) is 0 Å². The molecule has 0 aromatic heterocycles. The molecule has 1 N–H and O–H groups in total. The summed E-state index contributed by atoms with van der Waals surface area (Å²) in [5.41, 5.74) is -0.788. The van der Waals surface area contributed by atoms with Crippen molar-refractivity contribution in [3.63, 3.8) is 0 Å². The minimum atomic E-state index is -1.54. The van der Waals surface area contributed by atoms with Gasteiger partial charge in [0.2, 0.25) is 0 Å². The molecular formula is C10H11F2N. The number of anilines is 1. The van der Waals surface area contributed by atoms with Gasteiger partial charge in [-0.3, -0.25) is 0 Å². The third kappa shape index (κ3) is 1.28. The Kier molecular flexibility index (Phi) is 1.75. The van der Waals surface area contributed by atoms with Gasteiger partial charge in [-0.1, -0.05) is 6.07 Å². The number of nitrogens with one attached hydrogen (secondary N) is 1. The van der Waals surface area contributed by atoms with E-state index in [-0.39, 0.29) is 5.56 Å². The highest BCUT2D eigenvalue weighted by molar-refractivity contribution is 5.56. The van der Waals surface area contributed by atoms with Gasteiger partial charge in [0.1, 0.15) is 11.5 Å². The van der Waals surface area contributed by atoms with Crippen LogP contribution in [0.15, 0.2) is 18.2 Å². The summed E-state index contributed by atoms with van der Waals surface area (Å²) in [6, 6.07) is 4.58. The highest BCUT2D eigenvalue weighted by Crippen LogP contribution is 2.39. The Labute approximate surface area is 75.8 Å². The maximum Gasteiger partial charge on any atom is 0.139 e. The van der Waals surface area contributed by atoms with Crippen molar-refractivity contribution < 1.29 is 8.78 Å². The van der Waals surface area contributed by atoms with Crippen LogP contribution in [0.2, 0.25) is 0 Å². The Hall–Kier alpha value is -1.12. The van der Waals surface area contributed by atoms with E-state index in [0.29, 0.717) is 18.7 Å². The molecule has 1 nitrogen and oxygen atoms in total. The summed E-state index contributed by atoms with van der Waals surface area (Å²) in [5, 5.41) is 2.98. The van der Waals surface area contributed by atoms with Gasteiger partial charge in [-0.05, 0) is 19.1 Å². The molecule has 0 fully saturated rings. The molecule has 1 aromatic carbocycles. The lowest BCUT2D eigenvalue weighted by Crippen LogP contribution is -2.28. The lowest BCUT2D eigenvalue weighted by atomic mass is 9.89. The third-order valence-corrected chi connectivity index (χ3v) is 2.44. The van der Waals surface area contributed by atoms with Crippen molar-refractivity contribution in [2.24, 2.45) is 0 Å². The predicted molar refractivity (Wildman–Crippen MR) is 48.0 cm³/mol. The van der Waals surface area contributed by atoms with Crippen LogP contribution in [0.3, 0.4) is 0 Å². The Bertz CT molecular complexity index is 334. The van der Waals surface area contributed by atoms with Crippen LogP contribution in [0.4, 0.5) is 14.5 Å². The molecule has 2 rings (SSSR count). The molecule has 1 aromatic rings. The van der Waals surface area contributed by atoms with Crippen molar-refractivity contribution in [3.8, 4) is 0 Å². The second-order valence-electron chi connectivity index (χ2n) is 3.54. The molecule has 1 atom stereocenters. The number of hydrogen-bond acceptors (Lipinski definition) is 1. The molecule has 0 aliphatic carbocycles. The van der Waals surface area contributed by atoms with E-state index in [0.717, 1.165) is 0 Å². The summed E-state index contributed by atoms with van der Waals surface area (Å²) in [6.45, 7) is 1.99. The normalized spacial score (nSPS) is 26.4. The van der Waals surface area contributed by atoms with Gasteiger partial charge in [0.05, 0.1) is 0 Å². The van der Waals surface area contributed by atoms with Crippen molar-refractivity contribution in [2.45, 2.75) is 19.0 Å². The molecule has 1 unspecified atom stereocenters.